The Morgan fingerprint density at radius 1 is 1.00 bits per heavy atom. The largest absolute Gasteiger partial charge is 0.389 e. The van der Waals surface area contributed by atoms with Crippen LogP contribution in [0.2, 0.25) is 0 Å². The molecule has 0 amide bonds. The highest BCUT2D eigenvalue weighted by Gasteiger charge is 2.04. The van der Waals surface area contributed by atoms with Crippen LogP contribution in [-0.2, 0) is 0 Å². The SMILES string of the molecule is NC(=S)c1ccnc(Sc2ccnc(C(N)=S)c2)c1. The van der Waals surface area contributed by atoms with Crippen LogP contribution in [0.25, 0.3) is 0 Å². The van der Waals surface area contributed by atoms with E-state index < -0.39 is 0 Å². The Labute approximate surface area is 125 Å². The summed E-state index contributed by atoms with van der Waals surface area (Å²) >= 11 is 11.3. The zero-order valence-corrected chi connectivity index (χ0v) is 12.2. The molecule has 0 unspecified atom stereocenters. The fourth-order valence-electron chi connectivity index (χ4n) is 1.35. The first-order chi connectivity index (χ1) is 9.06. The van der Waals surface area contributed by atoms with Gasteiger partial charge in [0.15, 0.2) is 0 Å². The van der Waals surface area contributed by atoms with Crippen molar-refractivity contribution in [3.63, 3.8) is 0 Å². The van der Waals surface area contributed by atoms with Gasteiger partial charge in [0.05, 0.1) is 5.69 Å². The first kappa shape index (κ1) is 13.9. The zero-order valence-electron chi connectivity index (χ0n) is 9.74. The van der Waals surface area contributed by atoms with E-state index >= 15 is 0 Å². The number of thiocarbonyl (C=S) groups is 2. The lowest BCUT2D eigenvalue weighted by molar-refractivity contribution is 1.12. The Morgan fingerprint density at radius 2 is 1.74 bits per heavy atom. The minimum Gasteiger partial charge on any atom is -0.389 e. The summed E-state index contributed by atoms with van der Waals surface area (Å²) in [6.07, 6.45) is 3.33. The zero-order chi connectivity index (χ0) is 13.8. The molecule has 0 aliphatic rings. The second-order valence-corrected chi connectivity index (χ2v) is 5.56. The highest BCUT2D eigenvalue weighted by molar-refractivity contribution is 7.99. The minimum atomic E-state index is 0.271. The van der Waals surface area contributed by atoms with Gasteiger partial charge < -0.3 is 11.5 Å². The molecule has 0 aromatic carbocycles. The quantitative estimate of drug-likeness (QED) is 0.835. The maximum Gasteiger partial charge on any atom is 0.122 e. The molecule has 2 rings (SSSR count). The molecule has 0 radical (unpaired) electrons. The number of pyridine rings is 2. The molecule has 19 heavy (non-hydrogen) atoms. The van der Waals surface area contributed by atoms with Crippen LogP contribution in [0.1, 0.15) is 11.3 Å². The van der Waals surface area contributed by atoms with Crippen LogP contribution in [0.4, 0.5) is 0 Å². The van der Waals surface area contributed by atoms with Crippen molar-refractivity contribution in [3.8, 4) is 0 Å². The third kappa shape index (κ3) is 3.69. The van der Waals surface area contributed by atoms with Gasteiger partial charge in [-0.05, 0) is 24.3 Å². The van der Waals surface area contributed by atoms with Crippen LogP contribution in [-0.4, -0.2) is 19.9 Å². The van der Waals surface area contributed by atoms with Gasteiger partial charge in [0.25, 0.3) is 0 Å². The lowest BCUT2D eigenvalue weighted by Gasteiger charge is -2.04. The molecule has 0 saturated heterocycles. The summed E-state index contributed by atoms with van der Waals surface area (Å²) < 4.78 is 0. The van der Waals surface area contributed by atoms with Crippen molar-refractivity contribution >= 4 is 46.2 Å². The van der Waals surface area contributed by atoms with E-state index in [0.29, 0.717) is 10.7 Å². The molecule has 0 bridgehead atoms. The first-order valence-corrected chi connectivity index (χ1v) is 6.89. The highest BCUT2D eigenvalue weighted by atomic mass is 32.2. The fraction of sp³-hybridized carbons (Fsp3) is 0. The average molecular weight is 306 g/mol. The van der Waals surface area contributed by atoms with E-state index in [4.69, 9.17) is 35.9 Å². The van der Waals surface area contributed by atoms with Crippen molar-refractivity contribution in [2.75, 3.05) is 0 Å². The summed E-state index contributed by atoms with van der Waals surface area (Å²) in [5.41, 5.74) is 12.5. The predicted octanol–water partition coefficient (Wildman–Crippen LogP) is 1.90. The van der Waals surface area contributed by atoms with E-state index in [-0.39, 0.29) is 4.99 Å². The molecule has 4 N–H and O–H groups in total. The van der Waals surface area contributed by atoms with E-state index in [0.717, 1.165) is 15.5 Å². The summed E-state index contributed by atoms with van der Waals surface area (Å²) in [5, 5.41) is 0.797. The third-order valence-electron chi connectivity index (χ3n) is 2.23. The van der Waals surface area contributed by atoms with Crippen LogP contribution in [0.5, 0.6) is 0 Å². The standard InChI is InChI=1S/C12H10N4S3/c13-11(17)7-1-3-16-10(5-7)19-8-2-4-15-9(6-8)12(14)18/h1-6H,(H2,13,17)(H2,14,18). The first-order valence-electron chi connectivity index (χ1n) is 5.26. The number of hydrogen-bond donors (Lipinski definition) is 2. The molecular formula is C12H10N4S3. The van der Waals surface area contributed by atoms with Crippen LogP contribution in [0.15, 0.2) is 46.6 Å². The summed E-state index contributed by atoms with van der Waals surface area (Å²) in [4.78, 5) is 9.91. The lowest BCUT2D eigenvalue weighted by atomic mass is 10.3. The molecule has 0 aliphatic carbocycles. The number of rotatable bonds is 4. The van der Waals surface area contributed by atoms with Gasteiger partial charge in [0, 0.05) is 22.9 Å². The monoisotopic (exact) mass is 306 g/mol. The van der Waals surface area contributed by atoms with Gasteiger partial charge in [0.1, 0.15) is 15.0 Å². The molecule has 4 nitrogen and oxygen atoms in total. The van der Waals surface area contributed by atoms with Gasteiger partial charge in [0.2, 0.25) is 0 Å². The topological polar surface area (TPSA) is 77.8 Å². The van der Waals surface area contributed by atoms with E-state index in [9.17, 15) is 0 Å². The molecule has 2 heterocycles. The number of aromatic nitrogens is 2. The maximum atomic E-state index is 5.59. The molecule has 0 aliphatic heterocycles. The third-order valence-corrected chi connectivity index (χ3v) is 3.59. The molecule has 96 valence electrons. The summed E-state index contributed by atoms with van der Waals surface area (Å²) in [6, 6.07) is 7.30. The van der Waals surface area contributed by atoms with Crippen molar-refractivity contribution in [3.05, 3.63) is 47.9 Å². The minimum absolute atomic E-state index is 0.271. The molecule has 0 fully saturated rings. The molecule has 2 aromatic rings. The van der Waals surface area contributed by atoms with E-state index in [1.165, 1.54) is 11.8 Å². The van der Waals surface area contributed by atoms with E-state index in [1.807, 2.05) is 18.2 Å². The second kappa shape index (κ2) is 6.05. The summed E-state index contributed by atoms with van der Waals surface area (Å²) in [7, 11) is 0. The van der Waals surface area contributed by atoms with Gasteiger partial charge in [-0.25, -0.2) is 4.98 Å². The predicted molar refractivity (Wildman–Crippen MR) is 84.4 cm³/mol. The highest BCUT2D eigenvalue weighted by Crippen LogP contribution is 2.26. The maximum absolute atomic E-state index is 5.59. The summed E-state index contributed by atoms with van der Waals surface area (Å²) in [5.74, 6) is 0. The molecule has 2 aromatic heterocycles. The van der Waals surface area contributed by atoms with Crippen LogP contribution in [0.3, 0.4) is 0 Å². The normalized spacial score (nSPS) is 10.1. The second-order valence-electron chi connectivity index (χ2n) is 3.59. The van der Waals surface area contributed by atoms with Crippen molar-refractivity contribution in [2.24, 2.45) is 11.5 Å². The van der Waals surface area contributed by atoms with Crippen LogP contribution in [0, 0.1) is 0 Å². The smallest absolute Gasteiger partial charge is 0.122 e. The van der Waals surface area contributed by atoms with Crippen LogP contribution >= 0.6 is 36.2 Å². The van der Waals surface area contributed by atoms with Crippen molar-refractivity contribution in [1.29, 1.82) is 0 Å². The molecule has 7 heteroatoms. The van der Waals surface area contributed by atoms with Gasteiger partial charge in [-0.3, -0.25) is 4.98 Å². The van der Waals surface area contributed by atoms with Crippen molar-refractivity contribution in [2.45, 2.75) is 9.92 Å². The Kier molecular flexibility index (Phi) is 4.41. The Hall–Kier alpha value is -1.57. The molecular weight excluding hydrogens is 296 g/mol. The van der Waals surface area contributed by atoms with E-state index in [2.05, 4.69) is 9.97 Å². The van der Waals surface area contributed by atoms with Crippen LogP contribution < -0.4 is 11.5 Å². The van der Waals surface area contributed by atoms with Gasteiger partial charge in [-0.1, -0.05) is 36.2 Å². The molecule has 0 spiro atoms. The van der Waals surface area contributed by atoms with Gasteiger partial charge >= 0.3 is 0 Å². The average Bonchev–Trinajstić information content (AvgIpc) is 2.39. The number of hydrogen-bond acceptors (Lipinski definition) is 5. The Bertz CT molecular complexity index is 587. The van der Waals surface area contributed by atoms with Crippen molar-refractivity contribution in [1.82, 2.24) is 9.97 Å². The van der Waals surface area contributed by atoms with Gasteiger partial charge in [-0.15, -0.1) is 0 Å². The van der Waals surface area contributed by atoms with Crippen molar-refractivity contribution < 1.29 is 0 Å². The molecule has 0 saturated carbocycles. The Balaban J connectivity index is 2.26. The summed E-state index contributed by atoms with van der Waals surface area (Å²) in [6.45, 7) is 0. The Morgan fingerprint density at radius 3 is 2.42 bits per heavy atom. The van der Waals surface area contributed by atoms with E-state index in [1.54, 1.807) is 18.5 Å². The molecule has 0 atom stereocenters. The number of nitrogens with two attached hydrogens (primary N) is 2. The van der Waals surface area contributed by atoms with Gasteiger partial charge in [-0.2, -0.15) is 0 Å². The lowest BCUT2D eigenvalue weighted by Crippen LogP contribution is -2.11. The number of nitrogens with zero attached hydrogens (tertiary/aromatic N) is 2. The fourth-order valence-corrected chi connectivity index (χ4v) is 2.43.